The number of rotatable bonds is 6. The maximum absolute atomic E-state index is 12.8. The van der Waals surface area contributed by atoms with E-state index < -0.39 is 12.1 Å². The number of nitrogens with zero attached hydrogens (tertiary/aromatic N) is 3. The van der Waals surface area contributed by atoms with Gasteiger partial charge < -0.3 is 14.7 Å². The molecule has 0 aromatic heterocycles. The standard InChI is InChI=1S/C23H28Cl2F3N3O2/c24-19-4-2-17(16-20(19)25)3-5-21(32)31-13-8-22(33)30(14-15-31)10-1-9-29-11-6-18(7-12-29)23(26,27)28/h2-5,16,18H,1,6-15H2. The molecule has 2 amide bonds. The summed E-state index contributed by atoms with van der Waals surface area (Å²) in [6, 6.07) is 5.10. The van der Waals surface area contributed by atoms with E-state index in [1.165, 1.54) is 6.08 Å². The van der Waals surface area contributed by atoms with E-state index in [0.717, 1.165) is 5.56 Å². The van der Waals surface area contributed by atoms with Gasteiger partial charge in [0.2, 0.25) is 11.8 Å². The first-order chi connectivity index (χ1) is 15.6. The van der Waals surface area contributed by atoms with Crippen LogP contribution in [0.15, 0.2) is 24.3 Å². The van der Waals surface area contributed by atoms with Crippen molar-refractivity contribution in [2.45, 2.75) is 31.9 Å². The van der Waals surface area contributed by atoms with Crippen LogP contribution in [0.4, 0.5) is 13.2 Å². The van der Waals surface area contributed by atoms with Crippen LogP contribution in [-0.2, 0) is 9.59 Å². The summed E-state index contributed by atoms with van der Waals surface area (Å²) < 4.78 is 38.4. The summed E-state index contributed by atoms with van der Waals surface area (Å²) in [5.41, 5.74) is 0.754. The van der Waals surface area contributed by atoms with E-state index in [2.05, 4.69) is 0 Å². The Bertz CT molecular complexity index is 871. The minimum Gasteiger partial charge on any atom is -0.341 e. The van der Waals surface area contributed by atoms with Gasteiger partial charge in [-0.1, -0.05) is 29.3 Å². The quantitative estimate of drug-likeness (QED) is 0.524. The van der Waals surface area contributed by atoms with Crippen molar-refractivity contribution in [2.24, 2.45) is 5.92 Å². The van der Waals surface area contributed by atoms with Gasteiger partial charge in [-0.2, -0.15) is 13.2 Å². The van der Waals surface area contributed by atoms with E-state index in [1.807, 2.05) is 4.90 Å². The molecule has 3 rings (SSSR count). The second-order valence-electron chi connectivity index (χ2n) is 8.47. The van der Waals surface area contributed by atoms with Crippen molar-refractivity contribution >= 4 is 41.1 Å². The topological polar surface area (TPSA) is 43.9 Å². The number of carbonyl (C=O) groups excluding carboxylic acids is 2. The van der Waals surface area contributed by atoms with E-state index in [-0.39, 0.29) is 31.1 Å². The summed E-state index contributed by atoms with van der Waals surface area (Å²) in [6.07, 6.45) is 0.251. The molecular weight excluding hydrogens is 478 g/mol. The molecule has 0 spiro atoms. The zero-order chi connectivity index (χ0) is 24.0. The molecule has 2 aliphatic rings. The molecule has 0 radical (unpaired) electrons. The lowest BCUT2D eigenvalue weighted by Crippen LogP contribution is -2.41. The molecule has 0 aliphatic carbocycles. The van der Waals surface area contributed by atoms with Crippen LogP contribution in [0, 0.1) is 5.92 Å². The van der Waals surface area contributed by atoms with Crippen molar-refractivity contribution in [3.05, 3.63) is 39.9 Å². The Hall–Kier alpha value is -1.77. The molecule has 182 valence electrons. The van der Waals surface area contributed by atoms with Gasteiger partial charge in [0.1, 0.15) is 0 Å². The van der Waals surface area contributed by atoms with Gasteiger partial charge in [-0.25, -0.2) is 0 Å². The number of piperidine rings is 1. The molecule has 0 saturated carbocycles. The fraction of sp³-hybridized carbons (Fsp3) is 0.565. The van der Waals surface area contributed by atoms with Crippen molar-refractivity contribution in [2.75, 3.05) is 45.8 Å². The lowest BCUT2D eigenvalue weighted by atomic mass is 9.96. The van der Waals surface area contributed by atoms with Gasteiger partial charge in [-0.3, -0.25) is 9.59 Å². The van der Waals surface area contributed by atoms with Crippen molar-refractivity contribution in [1.29, 1.82) is 0 Å². The van der Waals surface area contributed by atoms with Gasteiger partial charge in [0.05, 0.1) is 16.0 Å². The van der Waals surface area contributed by atoms with Crippen LogP contribution in [0.1, 0.15) is 31.2 Å². The molecular formula is C23H28Cl2F3N3O2. The first kappa shape index (κ1) is 25.8. The van der Waals surface area contributed by atoms with Crippen molar-refractivity contribution in [1.82, 2.24) is 14.7 Å². The number of hydrogen-bond acceptors (Lipinski definition) is 3. The molecule has 10 heteroatoms. The second-order valence-corrected chi connectivity index (χ2v) is 9.29. The summed E-state index contributed by atoms with van der Waals surface area (Å²) in [5, 5.41) is 0.851. The summed E-state index contributed by atoms with van der Waals surface area (Å²) in [6.45, 7) is 3.32. The second kappa shape index (κ2) is 11.6. The molecule has 33 heavy (non-hydrogen) atoms. The van der Waals surface area contributed by atoms with E-state index in [1.54, 1.807) is 34.1 Å². The molecule has 0 atom stereocenters. The summed E-state index contributed by atoms with van der Waals surface area (Å²) in [5.74, 6) is -1.38. The number of amides is 2. The van der Waals surface area contributed by atoms with Crippen molar-refractivity contribution in [3.8, 4) is 0 Å². The predicted molar refractivity (Wildman–Crippen MR) is 123 cm³/mol. The molecule has 0 bridgehead atoms. The van der Waals surface area contributed by atoms with Crippen molar-refractivity contribution < 1.29 is 22.8 Å². The number of benzene rings is 1. The Morgan fingerprint density at radius 3 is 2.42 bits per heavy atom. The van der Waals surface area contributed by atoms with Crippen LogP contribution in [0.2, 0.25) is 10.0 Å². The van der Waals surface area contributed by atoms with Gasteiger partial charge in [0, 0.05) is 38.7 Å². The van der Waals surface area contributed by atoms with Crippen LogP contribution >= 0.6 is 23.2 Å². The highest BCUT2D eigenvalue weighted by atomic mass is 35.5. The first-order valence-corrected chi connectivity index (χ1v) is 11.9. The minimum atomic E-state index is -4.11. The predicted octanol–water partition coefficient (Wildman–Crippen LogP) is 4.73. The first-order valence-electron chi connectivity index (χ1n) is 11.1. The Labute approximate surface area is 202 Å². The molecule has 0 unspecified atom stereocenters. The van der Waals surface area contributed by atoms with Gasteiger partial charge in [0.25, 0.3) is 0 Å². The largest absolute Gasteiger partial charge is 0.391 e. The van der Waals surface area contributed by atoms with E-state index in [0.29, 0.717) is 62.3 Å². The highest BCUT2D eigenvalue weighted by Gasteiger charge is 2.40. The summed E-state index contributed by atoms with van der Waals surface area (Å²) in [4.78, 5) is 30.5. The minimum absolute atomic E-state index is 0.00505. The van der Waals surface area contributed by atoms with Crippen molar-refractivity contribution in [3.63, 3.8) is 0 Å². The fourth-order valence-corrected chi connectivity index (χ4v) is 4.49. The normalized spacial score (nSPS) is 19.4. The van der Waals surface area contributed by atoms with Crippen LogP contribution in [0.3, 0.4) is 0 Å². The van der Waals surface area contributed by atoms with Gasteiger partial charge in [0.15, 0.2) is 0 Å². The number of hydrogen-bond donors (Lipinski definition) is 0. The molecule has 1 aromatic rings. The number of carbonyl (C=O) groups is 2. The maximum atomic E-state index is 12.8. The molecule has 2 aliphatic heterocycles. The van der Waals surface area contributed by atoms with Gasteiger partial charge in [-0.05, 0) is 62.7 Å². The Morgan fingerprint density at radius 2 is 1.76 bits per heavy atom. The molecule has 2 fully saturated rings. The van der Waals surface area contributed by atoms with Crippen LogP contribution in [0.5, 0.6) is 0 Å². The zero-order valence-electron chi connectivity index (χ0n) is 18.3. The average Bonchev–Trinajstić information content (AvgIpc) is 2.96. The maximum Gasteiger partial charge on any atom is 0.391 e. The zero-order valence-corrected chi connectivity index (χ0v) is 19.8. The smallest absolute Gasteiger partial charge is 0.341 e. The molecule has 2 heterocycles. The number of alkyl halides is 3. The third-order valence-corrected chi connectivity index (χ3v) is 6.95. The number of halogens is 5. The van der Waals surface area contributed by atoms with E-state index >= 15 is 0 Å². The summed E-state index contributed by atoms with van der Waals surface area (Å²) >= 11 is 11.9. The monoisotopic (exact) mass is 505 g/mol. The molecule has 2 saturated heterocycles. The van der Waals surface area contributed by atoms with Crippen LogP contribution in [-0.4, -0.2) is 78.5 Å². The molecule has 5 nitrogen and oxygen atoms in total. The third kappa shape index (κ3) is 7.62. The SMILES string of the molecule is O=C(C=Cc1ccc(Cl)c(Cl)c1)N1CCC(=O)N(CCCN2CCC(C(F)(F)F)CC2)CC1. The Morgan fingerprint density at radius 1 is 1.03 bits per heavy atom. The number of likely N-dealkylation sites (tertiary alicyclic amines) is 1. The fourth-order valence-electron chi connectivity index (χ4n) is 4.18. The Kier molecular flexibility index (Phi) is 9.07. The van der Waals surface area contributed by atoms with E-state index in [9.17, 15) is 22.8 Å². The third-order valence-electron chi connectivity index (χ3n) is 6.21. The summed E-state index contributed by atoms with van der Waals surface area (Å²) in [7, 11) is 0. The van der Waals surface area contributed by atoms with Gasteiger partial charge >= 0.3 is 6.18 Å². The highest BCUT2D eigenvalue weighted by Crippen LogP contribution is 2.34. The lowest BCUT2D eigenvalue weighted by Gasteiger charge is -2.33. The van der Waals surface area contributed by atoms with Crippen LogP contribution in [0.25, 0.3) is 6.08 Å². The molecule has 0 N–H and O–H groups in total. The van der Waals surface area contributed by atoms with Gasteiger partial charge in [-0.15, -0.1) is 0 Å². The lowest BCUT2D eigenvalue weighted by molar-refractivity contribution is -0.185. The molecule has 1 aromatic carbocycles. The average molecular weight is 506 g/mol. The van der Waals surface area contributed by atoms with Crippen LogP contribution < -0.4 is 0 Å². The Balaban J connectivity index is 1.42. The van der Waals surface area contributed by atoms with E-state index in [4.69, 9.17) is 23.2 Å². The highest BCUT2D eigenvalue weighted by molar-refractivity contribution is 6.42.